The van der Waals surface area contributed by atoms with E-state index in [0.717, 1.165) is 10.0 Å². The van der Waals surface area contributed by atoms with Crippen molar-refractivity contribution in [2.24, 2.45) is 0 Å². The van der Waals surface area contributed by atoms with E-state index in [9.17, 15) is 14.7 Å². The number of aliphatic hydroxyl groups excluding tert-OH is 1. The SMILES string of the molecule is CCCN1C(=O)C(=O)/C(=C(\O)c2ccc(Br)cc2)C1c1ccncc1. The summed E-state index contributed by atoms with van der Waals surface area (Å²) in [6, 6.07) is 9.87. The number of amides is 1. The van der Waals surface area contributed by atoms with Crippen LogP contribution in [0.3, 0.4) is 0 Å². The van der Waals surface area contributed by atoms with Crippen molar-refractivity contribution in [2.45, 2.75) is 19.4 Å². The van der Waals surface area contributed by atoms with Gasteiger partial charge in [-0.25, -0.2) is 0 Å². The zero-order chi connectivity index (χ0) is 18.0. The largest absolute Gasteiger partial charge is 0.507 e. The maximum Gasteiger partial charge on any atom is 0.295 e. The molecule has 1 aromatic carbocycles. The standard InChI is InChI=1S/C19H17BrN2O3/c1-2-11-22-16(12-7-9-21-10-8-12)15(18(24)19(22)25)17(23)13-3-5-14(20)6-4-13/h3-10,16,23H,2,11H2,1H3/b17-15-. The van der Waals surface area contributed by atoms with Gasteiger partial charge in [0, 0.05) is 29.0 Å². The molecule has 2 aromatic rings. The maximum absolute atomic E-state index is 12.6. The molecule has 1 aliphatic heterocycles. The molecule has 1 unspecified atom stereocenters. The van der Waals surface area contributed by atoms with E-state index in [0.29, 0.717) is 18.5 Å². The van der Waals surface area contributed by atoms with Crippen molar-refractivity contribution >= 4 is 33.4 Å². The Morgan fingerprint density at radius 2 is 1.80 bits per heavy atom. The molecule has 1 N–H and O–H groups in total. The molecule has 25 heavy (non-hydrogen) atoms. The minimum Gasteiger partial charge on any atom is -0.507 e. The number of rotatable bonds is 4. The van der Waals surface area contributed by atoms with Gasteiger partial charge in [-0.2, -0.15) is 0 Å². The second-order valence-electron chi connectivity index (χ2n) is 5.78. The molecule has 0 spiro atoms. The summed E-state index contributed by atoms with van der Waals surface area (Å²) in [4.78, 5) is 30.6. The van der Waals surface area contributed by atoms with Crippen LogP contribution in [0.4, 0.5) is 0 Å². The molecular formula is C19H17BrN2O3. The lowest BCUT2D eigenvalue weighted by molar-refractivity contribution is -0.139. The summed E-state index contributed by atoms with van der Waals surface area (Å²) in [6.45, 7) is 2.38. The molecule has 1 atom stereocenters. The van der Waals surface area contributed by atoms with Crippen LogP contribution in [0.1, 0.15) is 30.5 Å². The molecule has 0 bridgehead atoms. The van der Waals surface area contributed by atoms with Gasteiger partial charge in [0.05, 0.1) is 11.6 Å². The van der Waals surface area contributed by atoms with Gasteiger partial charge in [0.1, 0.15) is 5.76 Å². The molecule has 1 fully saturated rings. The van der Waals surface area contributed by atoms with Crippen LogP contribution >= 0.6 is 15.9 Å². The van der Waals surface area contributed by atoms with Gasteiger partial charge in [-0.1, -0.05) is 35.0 Å². The molecule has 1 aromatic heterocycles. The highest BCUT2D eigenvalue weighted by atomic mass is 79.9. The molecule has 0 aliphatic carbocycles. The first-order chi connectivity index (χ1) is 12.0. The lowest BCUT2D eigenvalue weighted by Gasteiger charge is -2.24. The summed E-state index contributed by atoms with van der Waals surface area (Å²) in [5.41, 5.74) is 1.37. The van der Waals surface area contributed by atoms with E-state index in [4.69, 9.17) is 0 Å². The number of hydrogen-bond acceptors (Lipinski definition) is 4. The number of pyridine rings is 1. The zero-order valence-corrected chi connectivity index (χ0v) is 15.2. The number of hydrogen-bond donors (Lipinski definition) is 1. The first-order valence-corrected chi connectivity index (χ1v) is 8.78. The summed E-state index contributed by atoms with van der Waals surface area (Å²) >= 11 is 3.34. The maximum atomic E-state index is 12.6. The molecule has 0 saturated carbocycles. The second kappa shape index (κ2) is 7.19. The molecule has 1 saturated heterocycles. The van der Waals surface area contributed by atoms with Crippen LogP contribution in [0.25, 0.3) is 5.76 Å². The smallest absolute Gasteiger partial charge is 0.295 e. The fourth-order valence-electron chi connectivity index (χ4n) is 3.01. The van der Waals surface area contributed by atoms with E-state index < -0.39 is 17.7 Å². The van der Waals surface area contributed by atoms with Crippen LogP contribution in [-0.4, -0.2) is 33.2 Å². The Balaban J connectivity index is 2.17. The number of carbonyl (C=O) groups excluding carboxylic acids is 2. The lowest BCUT2D eigenvalue weighted by atomic mass is 9.96. The van der Waals surface area contributed by atoms with E-state index in [-0.39, 0.29) is 11.3 Å². The first kappa shape index (κ1) is 17.4. The van der Waals surface area contributed by atoms with E-state index >= 15 is 0 Å². The normalized spacial score (nSPS) is 19.4. The summed E-state index contributed by atoms with van der Waals surface area (Å²) in [5.74, 6) is -1.40. The molecule has 5 nitrogen and oxygen atoms in total. The fourth-order valence-corrected chi connectivity index (χ4v) is 3.27. The molecule has 1 amide bonds. The van der Waals surface area contributed by atoms with Gasteiger partial charge in [0.2, 0.25) is 0 Å². The van der Waals surface area contributed by atoms with Gasteiger partial charge in [0.15, 0.2) is 0 Å². The Hall–Kier alpha value is -2.47. The van der Waals surface area contributed by atoms with Gasteiger partial charge in [-0.05, 0) is 36.2 Å². The van der Waals surface area contributed by atoms with Crippen molar-refractivity contribution in [2.75, 3.05) is 6.54 Å². The van der Waals surface area contributed by atoms with Gasteiger partial charge in [0.25, 0.3) is 11.7 Å². The van der Waals surface area contributed by atoms with Crippen molar-refractivity contribution < 1.29 is 14.7 Å². The Kier molecular flexibility index (Phi) is 4.99. The third kappa shape index (κ3) is 3.22. The number of likely N-dealkylation sites (tertiary alicyclic amines) is 1. The van der Waals surface area contributed by atoms with Crippen molar-refractivity contribution in [1.29, 1.82) is 0 Å². The number of Topliss-reactive ketones (excluding diaryl/α,β-unsaturated/α-hetero) is 1. The van der Waals surface area contributed by atoms with Gasteiger partial charge < -0.3 is 10.0 Å². The van der Waals surface area contributed by atoms with Crippen LogP contribution in [0, 0.1) is 0 Å². The number of benzene rings is 1. The predicted octanol–water partition coefficient (Wildman–Crippen LogP) is 3.68. The number of carbonyl (C=O) groups is 2. The highest BCUT2D eigenvalue weighted by Gasteiger charge is 2.45. The predicted molar refractivity (Wildman–Crippen MR) is 97.7 cm³/mol. The highest BCUT2D eigenvalue weighted by molar-refractivity contribution is 9.10. The second-order valence-corrected chi connectivity index (χ2v) is 6.70. The highest BCUT2D eigenvalue weighted by Crippen LogP contribution is 2.39. The minimum absolute atomic E-state index is 0.118. The van der Waals surface area contributed by atoms with Crippen molar-refractivity contribution in [3.05, 3.63) is 70.0 Å². The Labute approximate surface area is 154 Å². The average Bonchev–Trinajstić information content (AvgIpc) is 2.88. The zero-order valence-electron chi connectivity index (χ0n) is 13.6. The topological polar surface area (TPSA) is 70.5 Å². The number of aromatic nitrogens is 1. The van der Waals surface area contributed by atoms with Crippen LogP contribution < -0.4 is 0 Å². The molecule has 3 rings (SSSR count). The van der Waals surface area contributed by atoms with E-state index in [1.54, 1.807) is 48.8 Å². The fraction of sp³-hybridized carbons (Fsp3) is 0.211. The number of nitrogens with zero attached hydrogens (tertiary/aromatic N) is 2. The Morgan fingerprint density at radius 3 is 2.40 bits per heavy atom. The third-order valence-corrected chi connectivity index (χ3v) is 4.67. The van der Waals surface area contributed by atoms with Crippen molar-refractivity contribution in [3.63, 3.8) is 0 Å². The molecule has 1 aliphatic rings. The van der Waals surface area contributed by atoms with E-state index in [1.165, 1.54) is 4.90 Å². The molecular weight excluding hydrogens is 384 g/mol. The first-order valence-electron chi connectivity index (χ1n) is 7.99. The third-order valence-electron chi connectivity index (χ3n) is 4.14. The number of halogens is 1. The summed E-state index contributed by atoms with van der Waals surface area (Å²) < 4.78 is 0.862. The molecule has 6 heteroatoms. The molecule has 128 valence electrons. The Morgan fingerprint density at radius 1 is 1.16 bits per heavy atom. The average molecular weight is 401 g/mol. The monoisotopic (exact) mass is 400 g/mol. The van der Waals surface area contributed by atoms with Gasteiger partial charge in [-0.15, -0.1) is 0 Å². The van der Waals surface area contributed by atoms with Crippen molar-refractivity contribution in [1.82, 2.24) is 9.88 Å². The number of ketones is 1. The van der Waals surface area contributed by atoms with Crippen molar-refractivity contribution in [3.8, 4) is 0 Å². The quantitative estimate of drug-likeness (QED) is 0.482. The van der Waals surface area contributed by atoms with Gasteiger partial charge >= 0.3 is 0 Å². The lowest BCUT2D eigenvalue weighted by Crippen LogP contribution is -2.30. The van der Waals surface area contributed by atoms with E-state index in [1.807, 2.05) is 6.92 Å². The van der Waals surface area contributed by atoms with E-state index in [2.05, 4.69) is 20.9 Å². The summed E-state index contributed by atoms with van der Waals surface area (Å²) in [7, 11) is 0. The van der Waals surface area contributed by atoms with Crippen LogP contribution in [-0.2, 0) is 9.59 Å². The summed E-state index contributed by atoms with van der Waals surface area (Å²) in [5, 5.41) is 10.8. The van der Waals surface area contributed by atoms with Crippen LogP contribution in [0.5, 0.6) is 0 Å². The Bertz CT molecular complexity index is 832. The number of aliphatic hydroxyl groups is 1. The van der Waals surface area contributed by atoms with Gasteiger partial charge in [-0.3, -0.25) is 14.6 Å². The molecule has 0 radical (unpaired) electrons. The summed E-state index contributed by atoms with van der Waals surface area (Å²) in [6.07, 6.45) is 3.94. The van der Waals surface area contributed by atoms with Crippen LogP contribution in [0.2, 0.25) is 0 Å². The van der Waals surface area contributed by atoms with Crippen LogP contribution in [0.15, 0.2) is 58.8 Å². The molecule has 2 heterocycles. The minimum atomic E-state index is -0.657.